The Labute approximate surface area is 209 Å². The summed E-state index contributed by atoms with van der Waals surface area (Å²) in [7, 11) is 3.00. The van der Waals surface area contributed by atoms with Crippen molar-refractivity contribution in [2.45, 2.75) is 18.9 Å². The van der Waals surface area contributed by atoms with Crippen molar-refractivity contribution in [3.63, 3.8) is 0 Å². The molecule has 0 bridgehead atoms. The lowest BCUT2D eigenvalue weighted by atomic mass is 10.1. The van der Waals surface area contributed by atoms with Crippen molar-refractivity contribution < 1.29 is 19.4 Å². The molecule has 0 amide bonds. The molecule has 12 heteroatoms. The molecule has 4 aromatic rings. The number of nitrogens with one attached hydrogen (secondary N) is 1. The van der Waals surface area contributed by atoms with E-state index in [9.17, 15) is 9.90 Å². The number of aldehydes is 1. The Balaban J connectivity index is 1.50. The zero-order valence-electron chi connectivity index (χ0n) is 19.2. The molecular weight excluding hydrogens is 518 g/mol. The van der Waals surface area contributed by atoms with Crippen LogP contribution >= 0.6 is 15.9 Å². The third kappa shape index (κ3) is 4.19. The number of nitrogens with zero attached hydrogens (tertiary/aromatic N) is 6. The Morgan fingerprint density at radius 2 is 2.03 bits per heavy atom. The zero-order chi connectivity index (χ0) is 24.5. The summed E-state index contributed by atoms with van der Waals surface area (Å²) in [5, 5.41) is 17.7. The van der Waals surface area contributed by atoms with Crippen LogP contribution in [-0.2, 0) is 0 Å². The van der Waals surface area contributed by atoms with Crippen molar-refractivity contribution in [1.29, 1.82) is 0 Å². The SMILES string of the molecule is COc1cc(-n2cnc(Nc3nc(N4CCC[C@H]4CO)nn4c(Br)ccc34)c2)cc(OC)c1C=O. The molecule has 4 heterocycles. The van der Waals surface area contributed by atoms with Gasteiger partial charge in [-0.15, -0.1) is 5.10 Å². The van der Waals surface area contributed by atoms with E-state index in [1.54, 1.807) is 33.7 Å². The topological polar surface area (TPSA) is 119 Å². The van der Waals surface area contributed by atoms with E-state index in [0.717, 1.165) is 29.5 Å². The minimum atomic E-state index is -0.00635. The van der Waals surface area contributed by atoms with Gasteiger partial charge in [-0.2, -0.15) is 4.98 Å². The van der Waals surface area contributed by atoms with Crippen molar-refractivity contribution in [1.82, 2.24) is 24.1 Å². The molecule has 2 N–H and O–H groups in total. The average Bonchev–Trinajstić information content (AvgIpc) is 3.63. The summed E-state index contributed by atoms with van der Waals surface area (Å²) in [4.78, 5) is 22.7. The molecule has 1 fully saturated rings. The molecule has 1 saturated heterocycles. The number of aliphatic hydroxyl groups excluding tert-OH is 1. The Bertz CT molecular complexity index is 1360. The molecule has 1 aliphatic rings. The zero-order valence-corrected chi connectivity index (χ0v) is 20.8. The Morgan fingerprint density at radius 1 is 1.26 bits per heavy atom. The summed E-state index contributed by atoms with van der Waals surface area (Å²) < 4.78 is 15.1. The lowest BCUT2D eigenvalue weighted by Gasteiger charge is -2.23. The fraction of sp³-hybridized carbons (Fsp3) is 0.304. The minimum Gasteiger partial charge on any atom is -0.496 e. The number of hydrogen-bond acceptors (Lipinski definition) is 9. The van der Waals surface area contributed by atoms with E-state index in [1.807, 2.05) is 17.0 Å². The summed E-state index contributed by atoms with van der Waals surface area (Å²) in [6.07, 6.45) is 6.03. The molecule has 1 atom stereocenters. The van der Waals surface area contributed by atoms with Crippen LogP contribution in [0.2, 0.25) is 0 Å². The molecule has 1 aromatic carbocycles. The number of carbonyl (C=O) groups excluding carboxylic acids is 1. The number of benzene rings is 1. The third-order valence-electron chi connectivity index (χ3n) is 6.07. The van der Waals surface area contributed by atoms with E-state index in [2.05, 4.69) is 31.3 Å². The maximum absolute atomic E-state index is 11.5. The van der Waals surface area contributed by atoms with Gasteiger partial charge in [-0.1, -0.05) is 0 Å². The quantitative estimate of drug-likeness (QED) is 0.324. The predicted octanol–water partition coefficient (Wildman–Crippen LogP) is 3.21. The number of carbonyl (C=O) groups is 1. The van der Waals surface area contributed by atoms with Crippen LogP contribution in [0, 0.1) is 0 Å². The second-order valence-electron chi connectivity index (χ2n) is 8.06. The number of rotatable bonds is 8. The van der Waals surface area contributed by atoms with Crippen LogP contribution in [0.5, 0.6) is 11.5 Å². The molecule has 0 aliphatic carbocycles. The Kier molecular flexibility index (Phi) is 6.31. The van der Waals surface area contributed by atoms with Gasteiger partial charge in [0.2, 0.25) is 5.95 Å². The van der Waals surface area contributed by atoms with Crippen molar-refractivity contribution in [2.24, 2.45) is 0 Å². The third-order valence-corrected chi connectivity index (χ3v) is 6.67. The van der Waals surface area contributed by atoms with Gasteiger partial charge < -0.3 is 29.4 Å². The first-order chi connectivity index (χ1) is 17.1. The van der Waals surface area contributed by atoms with Gasteiger partial charge in [0.15, 0.2) is 12.1 Å². The highest BCUT2D eigenvalue weighted by atomic mass is 79.9. The monoisotopic (exact) mass is 541 g/mol. The normalized spacial score (nSPS) is 15.5. The molecular formula is C23H24BrN7O4. The first-order valence-corrected chi connectivity index (χ1v) is 11.8. The standard InChI is InChI=1S/C23H24BrN7O4/c1-34-18-8-15(9-19(35-2)16(18)12-33)29-10-21(25-13-29)26-22-17-5-6-20(24)31(17)28-23(27-22)30-7-3-4-14(30)11-32/h5-6,8-10,12-14,32H,3-4,7,11H2,1-2H3,(H,26,27,28)/t14-/m0/s1. The lowest BCUT2D eigenvalue weighted by molar-refractivity contribution is 0.111. The fourth-order valence-corrected chi connectivity index (χ4v) is 4.70. The van der Waals surface area contributed by atoms with E-state index in [4.69, 9.17) is 14.5 Å². The van der Waals surface area contributed by atoms with E-state index in [0.29, 0.717) is 46.6 Å². The highest BCUT2D eigenvalue weighted by Gasteiger charge is 2.27. The highest BCUT2D eigenvalue weighted by molar-refractivity contribution is 9.10. The number of anilines is 3. The first kappa shape index (κ1) is 23.1. The van der Waals surface area contributed by atoms with Gasteiger partial charge in [-0.3, -0.25) is 4.79 Å². The number of ether oxygens (including phenoxy) is 2. The summed E-state index contributed by atoms with van der Waals surface area (Å²) in [6, 6.07) is 7.29. The van der Waals surface area contributed by atoms with Crippen LogP contribution in [-0.4, -0.2) is 69.0 Å². The van der Waals surface area contributed by atoms with Crippen LogP contribution in [0.25, 0.3) is 11.2 Å². The summed E-state index contributed by atoms with van der Waals surface area (Å²) >= 11 is 3.54. The first-order valence-electron chi connectivity index (χ1n) is 11.0. The number of imidazole rings is 1. The smallest absolute Gasteiger partial charge is 0.246 e. The van der Waals surface area contributed by atoms with Crippen molar-refractivity contribution >= 4 is 45.3 Å². The molecule has 0 saturated carbocycles. The summed E-state index contributed by atoms with van der Waals surface area (Å²) in [6.45, 7) is 0.835. The molecule has 0 unspecified atom stereocenters. The van der Waals surface area contributed by atoms with Crippen LogP contribution in [0.4, 0.5) is 17.6 Å². The van der Waals surface area contributed by atoms with E-state index in [1.165, 1.54) is 14.2 Å². The number of halogens is 1. The molecule has 35 heavy (non-hydrogen) atoms. The molecule has 0 spiro atoms. The second kappa shape index (κ2) is 9.55. The number of hydrogen-bond donors (Lipinski definition) is 2. The van der Waals surface area contributed by atoms with Crippen molar-refractivity contribution in [3.8, 4) is 17.2 Å². The van der Waals surface area contributed by atoms with Gasteiger partial charge in [-0.05, 0) is 40.9 Å². The average molecular weight is 542 g/mol. The van der Waals surface area contributed by atoms with Gasteiger partial charge in [-0.25, -0.2) is 9.50 Å². The van der Waals surface area contributed by atoms with Crippen LogP contribution in [0.1, 0.15) is 23.2 Å². The molecule has 5 rings (SSSR count). The van der Waals surface area contributed by atoms with Gasteiger partial charge in [0.05, 0.1) is 44.3 Å². The number of fused-ring (bicyclic) bond motifs is 1. The van der Waals surface area contributed by atoms with Gasteiger partial charge in [0, 0.05) is 18.7 Å². The number of aliphatic hydroxyl groups is 1. The van der Waals surface area contributed by atoms with Crippen LogP contribution in [0.3, 0.4) is 0 Å². The fourth-order valence-electron chi connectivity index (χ4n) is 4.30. The molecule has 3 aromatic heterocycles. The summed E-state index contributed by atoms with van der Waals surface area (Å²) in [5.74, 6) is 2.49. The predicted molar refractivity (Wildman–Crippen MR) is 133 cm³/mol. The van der Waals surface area contributed by atoms with Crippen LogP contribution in [0.15, 0.2) is 41.4 Å². The van der Waals surface area contributed by atoms with Gasteiger partial charge in [0.1, 0.15) is 33.8 Å². The molecule has 0 radical (unpaired) electrons. The largest absolute Gasteiger partial charge is 0.496 e. The van der Waals surface area contributed by atoms with Gasteiger partial charge >= 0.3 is 0 Å². The van der Waals surface area contributed by atoms with Crippen molar-refractivity contribution in [2.75, 3.05) is 37.6 Å². The Morgan fingerprint density at radius 3 is 2.71 bits per heavy atom. The minimum absolute atomic E-state index is 0.00635. The Hall–Kier alpha value is -3.64. The van der Waals surface area contributed by atoms with Crippen LogP contribution < -0.4 is 19.7 Å². The van der Waals surface area contributed by atoms with E-state index in [-0.39, 0.29) is 12.6 Å². The van der Waals surface area contributed by atoms with E-state index >= 15 is 0 Å². The molecule has 182 valence electrons. The van der Waals surface area contributed by atoms with E-state index < -0.39 is 0 Å². The number of aromatic nitrogens is 5. The number of methoxy groups -OCH3 is 2. The summed E-state index contributed by atoms with van der Waals surface area (Å²) in [5.41, 5.74) is 1.83. The molecule has 1 aliphatic heterocycles. The maximum atomic E-state index is 11.5. The molecule has 11 nitrogen and oxygen atoms in total. The second-order valence-corrected chi connectivity index (χ2v) is 8.87. The van der Waals surface area contributed by atoms with Crippen molar-refractivity contribution in [3.05, 3.63) is 47.0 Å². The highest BCUT2D eigenvalue weighted by Crippen LogP contribution is 2.32. The lowest BCUT2D eigenvalue weighted by Crippen LogP contribution is -2.34. The maximum Gasteiger partial charge on any atom is 0.246 e. The van der Waals surface area contributed by atoms with Gasteiger partial charge in [0.25, 0.3) is 0 Å².